The molecule has 0 spiro atoms. The van der Waals surface area contributed by atoms with Crippen LogP contribution in [-0.4, -0.2) is 30.2 Å². The number of hydrogen-bond acceptors (Lipinski definition) is 4. The van der Waals surface area contributed by atoms with Crippen molar-refractivity contribution in [3.8, 4) is 5.88 Å². The van der Waals surface area contributed by atoms with Crippen LogP contribution in [0.15, 0.2) is 12.3 Å². The van der Waals surface area contributed by atoms with Crippen molar-refractivity contribution in [1.82, 2.24) is 4.98 Å². The number of unbranched alkanes of at least 4 members (excludes halogenated alkanes) is 1. The number of carbonyl (C=O) groups is 1. The Kier molecular flexibility index (Phi) is 7.03. The Bertz CT molecular complexity index is 537. The molecular weight excluding hydrogens is 304 g/mol. The number of aromatic nitrogens is 1. The third-order valence-corrected chi connectivity index (χ3v) is 4.74. The Morgan fingerprint density at radius 3 is 2.58 bits per heavy atom. The first-order valence-corrected chi connectivity index (χ1v) is 9.07. The number of nitrogens with zero attached hydrogens (tertiary/aromatic N) is 1. The normalized spacial score (nSPS) is 17.1. The first kappa shape index (κ1) is 18.7. The molecule has 1 amide bonds. The molecule has 134 valence electrons. The lowest BCUT2D eigenvalue weighted by Crippen LogP contribution is -2.44. The Labute approximate surface area is 145 Å². The summed E-state index contributed by atoms with van der Waals surface area (Å²) in [7, 11) is 1.64. The minimum absolute atomic E-state index is 0.0623. The first-order chi connectivity index (χ1) is 11.6. The SMILES string of the molecule is CCCCOc1ncc(NC(=O)C2(OC)CCCCCC2)cc1C. The predicted octanol–water partition coefficient (Wildman–Crippen LogP) is 4.25. The summed E-state index contributed by atoms with van der Waals surface area (Å²) in [5.74, 6) is 0.574. The number of carbonyl (C=O) groups excluding carboxylic acids is 1. The zero-order chi connectivity index (χ0) is 17.4. The van der Waals surface area contributed by atoms with E-state index in [0.717, 1.165) is 44.1 Å². The van der Waals surface area contributed by atoms with E-state index in [2.05, 4.69) is 17.2 Å². The van der Waals surface area contributed by atoms with Crippen LogP contribution in [0.1, 0.15) is 63.9 Å². The van der Waals surface area contributed by atoms with E-state index >= 15 is 0 Å². The Balaban J connectivity index is 2.03. The maximum atomic E-state index is 12.8. The molecule has 5 nitrogen and oxygen atoms in total. The largest absolute Gasteiger partial charge is 0.477 e. The van der Waals surface area contributed by atoms with Crippen molar-refractivity contribution in [2.45, 2.75) is 70.8 Å². The molecule has 0 aliphatic heterocycles. The molecule has 0 aromatic carbocycles. The fourth-order valence-corrected chi connectivity index (χ4v) is 3.16. The molecule has 0 bridgehead atoms. The topological polar surface area (TPSA) is 60.5 Å². The minimum Gasteiger partial charge on any atom is -0.477 e. The second-order valence-electron chi connectivity index (χ2n) is 6.61. The van der Waals surface area contributed by atoms with Gasteiger partial charge in [-0.3, -0.25) is 4.79 Å². The summed E-state index contributed by atoms with van der Waals surface area (Å²) in [5.41, 5.74) is 0.915. The summed E-state index contributed by atoms with van der Waals surface area (Å²) >= 11 is 0. The molecular formula is C19H30N2O3. The van der Waals surface area contributed by atoms with Crippen LogP contribution < -0.4 is 10.1 Å². The van der Waals surface area contributed by atoms with E-state index in [1.165, 1.54) is 12.8 Å². The van der Waals surface area contributed by atoms with E-state index in [1.54, 1.807) is 13.3 Å². The number of methoxy groups -OCH3 is 1. The number of ether oxygens (including phenoxy) is 2. The summed E-state index contributed by atoms with van der Waals surface area (Å²) in [4.78, 5) is 17.1. The quantitative estimate of drug-likeness (QED) is 0.598. The van der Waals surface area contributed by atoms with Crippen molar-refractivity contribution >= 4 is 11.6 Å². The van der Waals surface area contributed by atoms with E-state index in [0.29, 0.717) is 18.2 Å². The number of nitrogens with one attached hydrogen (secondary N) is 1. The second-order valence-corrected chi connectivity index (χ2v) is 6.61. The predicted molar refractivity (Wildman–Crippen MR) is 95.4 cm³/mol. The van der Waals surface area contributed by atoms with Gasteiger partial charge in [-0.15, -0.1) is 0 Å². The maximum absolute atomic E-state index is 12.8. The fraction of sp³-hybridized carbons (Fsp3) is 0.684. The second kappa shape index (κ2) is 9.02. The Morgan fingerprint density at radius 1 is 1.29 bits per heavy atom. The summed E-state index contributed by atoms with van der Waals surface area (Å²) in [6.07, 6.45) is 9.71. The maximum Gasteiger partial charge on any atom is 0.256 e. The summed E-state index contributed by atoms with van der Waals surface area (Å²) < 4.78 is 11.3. The van der Waals surface area contributed by atoms with Gasteiger partial charge in [0, 0.05) is 12.7 Å². The van der Waals surface area contributed by atoms with Gasteiger partial charge >= 0.3 is 0 Å². The van der Waals surface area contributed by atoms with Gasteiger partial charge in [-0.25, -0.2) is 4.98 Å². The van der Waals surface area contributed by atoms with Crippen LogP contribution >= 0.6 is 0 Å². The van der Waals surface area contributed by atoms with Gasteiger partial charge in [0.05, 0.1) is 18.5 Å². The molecule has 1 N–H and O–H groups in total. The van der Waals surface area contributed by atoms with Crippen molar-refractivity contribution < 1.29 is 14.3 Å². The molecule has 0 radical (unpaired) electrons. The zero-order valence-corrected chi connectivity index (χ0v) is 15.2. The third kappa shape index (κ3) is 4.69. The van der Waals surface area contributed by atoms with Gasteiger partial charge in [0.2, 0.25) is 5.88 Å². The third-order valence-electron chi connectivity index (χ3n) is 4.74. The van der Waals surface area contributed by atoms with Gasteiger partial charge in [-0.2, -0.15) is 0 Å². The number of amides is 1. The van der Waals surface area contributed by atoms with E-state index in [-0.39, 0.29) is 5.91 Å². The molecule has 1 saturated carbocycles. The van der Waals surface area contributed by atoms with Crippen molar-refractivity contribution in [3.63, 3.8) is 0 Å². The smallest absolute Gasteiger partial charge is 0.256 e. The molecule has 0 unspecified atom stereocenters. The number of aryl methyl sites for hydroxylation is 1. The van der Waals surface area contributed by atoms with Gasteiger partial charge < -0.3 is 14.8 Å². The molecule has 0 atom stereocenters. The Hall–Kier alpha value is -1.62. The van der Waals surface area contributed by atoms with Gasteiger partial charge in [0.1, 0.15) is 5.60 Å². The van der Waals surface area contributed by atoms with Crippen LogP contribution in [0.4, 0.5) is 5.69 Å². The standard InChI is InChI=1S/C19H30N2O3/c1-4-5-12-24-17-15(2)13-16(14-20-17)21-18(22)19(23-3)10-8-6-7-9-11-19/h13-14H,4-12H2,1-3H3,(H,21,22). The monoisotopic (exact) mass is 334 g/mol. The molecule has 1 fully saturated rings. The Morgan fingerprint density at radius 2 is 2.00 bits per heavy atom. The van der Waals surface area contributed by atoms with Crippen LogP contribution in [0.25, 0.3) is 0 Å². The highest BCUT2D eigenvalue weighted by molar-refractivity contribution is 5.97. The van der Waals surface area contributed by atoms with E-state index in [4.69, 9.17) is 9.47 Å². The van der Waals surface area contributed by atoms with E-state index in [9.17, 15) is 4.79 Å². The molecule has 1 aliphatic carbocycles. The first-order valence-electron chi connectivity index (χ1n) is 9.07. The number of hydrogen-bond donors (Lipinski definition) is 1. The van der Waals surface area contributed by atoms with Crippen LogP contribution in [0.2, 0.25) is 0 Å². The highest BCUT2D eigenvalue weighted by atomic mass is 16.5. The van der Waals surface area contributed by atoms with Crippen molar-refractivity contribution in [2.75, 3.05) is 19.0 Å². The lowest BCUT2D eigenvalue weighted by Gasteiger charge is -2.29. The molecule has 1 aromatic heterocycles. The van der Waals surface area contributed by atoms with Crippen LogP contribution in [0.5, 0.6) is 5.88 Å². The van der Waals surface area contributed by atoms with Gasteiger partial charge in [0.15, 0.2) is 0 Å². The zero-order valence-electron chi connectivity index (χ0n) is 15.2. The summed E-state index contributed by atoms with van der Waals surface area (Å²) in [5, 5.41) is 2.98. The molecule has 1 aromatic rings. The number of pyridine rings is 1. The molecule has 24 heavy (non-hydrogen) atoms. The van der Waals surface area contributed by atoms with Crippen LogP contribution in [0.3, 0.4) is 0 Å². The molecule has 5 heteroatoms. The van der Waals surface area contributed by atoms with Crippen molar-refractivity contribution in [2.24, 2.45) is 0 Å². The number of rotatable bonds is 7. The molecule has 1 heterocycles. The van der Waals surface area contributed by atoms with Crippen LogP contribution in [-0.2, 0) is 9.53 Å². The van der Waals surface area contributed by atoms with Crippen LogP contribution in [0, 0.1) is 6.92 Å². The van der Waals surface area contributed by atoms with Gasteiger partial charge in [-0.05, 0) is 32.3 Å². The van der Waals surface area contributed by atoms with E-state index in [1.807, 2.05) is 13.0 Å². The lowest BCUT2D eigenvalue weighted by atomic mass is 9.93. The van der Waals surface area contributed by atoms with Crippen molar-refractivity contribution in [1.29, 1.82) is 0 Å². The minimum atomic E-state index is -0.708. The molecule has 2 rings (SSSR count). The molecule has 0 saturated heterocycles. The molecule has 1 aliphatic rings. The highest BCUT2D eigenvalue weighted by Gasteiger charge is 2.38. The fourth-order valence-electron chi connectivity index (χ4n) is 3.16. The average molecular weight is 334 g/mol. The highest BCUT2D eigenvalue weighted by Crippen LogP contribution is 2.31. The van der Waals surface area contributed by atoms with Crippen molar-refractivity contribution in [3.05, 3.63) is 17.8 Å². The number of anilines is 1. The van der Waals surface area contributed by atoms with E-state index < -0.39 is 5.60 Å². The lowest BCUT2D eigenvalue weighted by molar-refractivity contribution is -0.139. The van der Waals surface area contributed by atoms with Gasteiger partial charge in [-0.1, -0.05) is 39.0 Å². The summed E-state index contributed by atoms with van der Waals surface area (Å²) in [6, 6.07) is 1.91. The summed E-state index contributed by atoms with van der Waals surface area (Å²) in [6.45, 7) is 4.74. The van der Waals surface area contributed by atoms with Gasteiger partial charge in [0.25, 0.3) is 5.91 Å². The average Bonchev–Trinajstić information content (AvgIpc) is 2.83.